The van der Waals surface area contributed by atoms with Crippen LogP contribution in [-0.2, 0) is 16.1 Å². The lowest BCUT2D eigenvalue weighted by molar-refractivity contribution is -0.127. The molecule has 0 spiro atoms. The third kappa shape index (κ3) is 4.48. The van der Waals surface area contributed by atoms with E-state index in [4.69, 9.17) is 4.74 Å². The molecule has 2 aliphatic heterocycles. The van der Waals surface area contributed by atoms with Crippen molar-refractivity contribution in [3.8, 4) is 0 Å². The van der Waals surface area contributed by atoms with E-state index in [9.17, 15) is 4.79 Å². The number of aromatic nitrogens is 2. The molecular weight excluding hydrogens is 292 g/mol. The molecule has 0 saturated carbocycles. The van der Waals surface area contributed by atoms with E-state index in [-0.39, 0.29) is 11.8 Å². The topological polar surface area (TPSA) is 67.4 Å². The lowest BCUT2D eigenvalue weighted by Gasteiger charge is -2.39. The molecule has 0 radical (unpaired) electrons. The first kappa shape index (κ1) is 16.3. The maximum atomic E-state index is 12.5. The third-order valence-electron chi connectivity index (χ3n) is 4.81. The van der Waals surface area contributed by atoms with Crippen molar-refractivity contribution in [2.24, 2.45) is 5.92 Å². The van der Waals surface area contributed by atoms with Gasteiger partial charge in [0, 0.05) is 32.0 Å². The van der Waals surface area contributed by atoms with Crippen molar-refractivity contribution in [3.05, 3.63) is 23.8 Å². The zero-order valence-corrected chi connectivity index (χ0v) is 13.8. The monoisotopic (exact) mass is 318 g/mol. The summed E-state index contributed by atoms with van der Waals surface area (Å²) in [4.78, 5) is 23.4. The average molecular weight is 318 g/mol. The standard InChI is InChI=1S/C17H26N4O2/c1-13-9-19-15(10-18-13)11-20-17(22)14-3-2-6-21(12-14)16-4-7-23-8-5-16/h9-10,14,16H,2-8,11-12H2,1H3,(H,20,22). The summed E-state index contributed by atoms with van der Waals surface area (Å²) in [6.07, 6.45) is 7.71. The van der Waals surface area contributed by atoms with Crippen molar-refractivity contribution in [1.29, 1.82) is 0 Å². The Hall–Kier alpha value is -1.53. The Morgan fingerprint density at radius 2 is 2.13 bits per heavy atom. The van der Waals surface area contributed by atoms with Crippen LogP contribution in [0.5, 0.6) is 0 Å². The van der Waals surface area contributed by atoms with Crippen molar-refractivity contribution in [2.75, 3.05) is 26.3 Å². The van der Waals surface area contributed by atoms with E-state index in [1.54, 1.807) is 12.4 Å². The van der Waals surface area contributed by atoms with Gasteiger partial charge in [-0.15, -0.1) is 0 Å². The zero-order chi connectivity index (χ0) is 16.1. The Balaban J connectivity index is 1.49. The molecular formula is C17H26N4O2. The molecule has 1 aromatic rings. The fraction of sp³-hybridized carbons (Fsp3) is 0.706. The highest BCUT2D eigenvalue weighted by molar-refractivity contribution is 5.78. The number of amides is 1. The second kappa shape index (κ2) is 7.84. The summed E-state index contributed by atoms with van der Waals surface area (Å²) in [5.74, 6) is 0.231. The number of rotatable bonds is 4. The van der Waals surface area contributed by atoms with Gasteiger partial charge in [-0.25, -0.2) is 0 Å². The molecule has 23 heavy (non-hydrogen) atoms. The SMILES string of the molecule is Cc1cnc(CNC(=O)C2CCCN(C3CCOCC3)C2)cn1. The molecule has 6 heteroatoms. The summed E-state index contributed by atoms with van der Waals surface area (Å²) < 4.78 is 5.44. The van der Waals surface area contributed by atoms with E-state index in [1.807, 2.05) is 6.92 Å². The highest BCUT2D eigenvalue weighted by atomic mass is 16.5. The molecule has 2 aliphatic rings. The van der Waals surface area contributed by atoms with Crippen molar-refractivity contribution >= 4 is 5.91 Å². The van der Waals surface area contributed by atoms with Gasteiger partial charge in [-0.05, 0) is 39.2 Å². The predicted molar refractivity (Wildman–Crippen MR) is 86.8 cm³/mol. The second-order valence-corrected chi connectivity index (χ2v) is 6.54. The first-order valence-corrected chi connectivity index (χ1v) is 8.59. The summed E-state index contributed by atoms with van der Waals surface area (Å²) in [5.41, 5.74) is 1.69. The Kier molecular flexibility index (Phi) is 5.56. The number of hydrogen-bond donors (Lipinski definition) is 1. The molecule has 6 nitrogen and oxygen atoms in total. The number of carbonyl (C=O) groups is 1. The van der Waals surface area contributed by atoms with Crippen LogP contribution in [0.1, 0.15) is 37.1 Å². The van der Waals surface area contributed by atoms with Gasteiger partial charge in [-0.2, -0.15) is 0 Å². The maximum Gasteiger partial charge on any atom is 0.224 e. The number of nitrogens with zero attached hydrogens (tertiary/aromatic N) is 3. The predicted octanol–water partition coefficient (Wildman–Crippen LogP) is 1.29. The Morgan fingerprint density at radius 3 is 2.87 bits per heavy atom. The van der Waals surface area contributed by atoms with Crippen LogP contribution < -0.4 is 5.32 Å². The van der Waals surface area contributed by atoms with Gasteiger partial charge in [0.15, 0.2) is 0 Å². The van der Waals surface area contributed by atoms with Crippen molar-refractivity contribution in [3.63, 3.8) is 0 Å². The van der Waals surface area contributed by atoms with Crippen molar-refractivity contribution in [2.45, 2.75) is 45.2 Å². The van der Waals surface area contributed by atoms with E-state index >= 15 is 0 Å². The van der Waals surface area contributed by atoms with Crippen molar-refractivity contribution < 1.29 is 9.53 Å². The maximum absolute atomic E-state index is 12.5. The minimum atomic E-state index is 0.0880. The van der Waals surface area contributed by atoms with Gasteiger partial charge in [-0.1, -0.05) is 0 Å². The number of aryl methyl sites for hydroxylation is 1. The van der Waals surface area contributed by atoms with E-state index in [0.29, 0.717) is 12.6 Å². The second-order valence-electron chi connectivity index (χ2n) is 6.54. The Morgan fingerprint density at radius 1 is 1.30 bits per heavy atom. The first-order valence-electron chi connectivity index (χ1n) is 8.59. The van der Waals surface area contributed by atoms with Crippen LogP contribution in [0.25, 0.3) is 0 Å². The Labute approximate surface area is 137 Å². The van der Waals surface area contributed by atoms with Crippen LogP contribution in [0.2, 0.25) is 0 Å². The minimum absolute atomic E-state index is 0.0880. The zero-order valence-electron chi connectivity index (χ0n) is 13.8. The van der Waals surface area contributed by atoms with Gasteiger partial charge in [0.25, 0.3) is 0 Å². The van der Waals surface area contributed by atoms with Crippen LogP contribution in [0.15, 0.2) is 12.4 Å². The van der Waals surface area contributed by atoms with E-state index in [2.05, 4.69) is 20.2 Å². The summed E-state index contributed by atoms with van der Waals surface area (Å²) >= 11 is 0. The highest BCUT2D eigenvalue weighted by Crippen LogP contribution is 2.23. The number of carbonyl (C=O) groups excluding carboxylic acids is 1. The van der Waals surface area contributed by atoms with E-state index in [0.717, 1.165) is 63.4 Å². The largest absolute Gasteiger partial charge is 0.381 e. The molecule has 126 valence electrons. The van der Waals surface area contributed by atoms with Gasteiger partial charge in [0.05, 0.1) is 30.0 Å². The normalized spacial score (nSPS) is 23.6. The molecule has 2 fully saturated rings. The van der Waals surface area contributed by atoms with Crippen molar-refractivity contribution in [1.82, 2.24) is 20.2 Å². The van der Waals surface area contributed by atoms with Gasteiger partial charge in [0.2, 0.25) is 5.91 Å². The fourth-order valence-electron chi connectivity index (χ4n) is 3.43. The van der Waals surface area contributed by atoms with Crippen LogP contribution in [0.4, 0.5) is 0 Å². The average Bonchev–Trinajstić information content (AvgIpc) is 2.62. The summed E-state index contributed by atoms with van der Waals surface area (Å²) in [6, 6.07) is 0.585. The summed E-state index contributed by atoms with van der Waals surface area (Å²) in [6.45, 7) is 6.05. The van der Waals surface area contributed by atoms with Gasteiger partial charge >= 0.3 is 0 Å². The van der Waals surface area contributed by atoms with Gasteiger partial charge in [0.1, 0.15) is 0 Å². The summed E-state index contributed by atoms with van der Waals surface area (Å²) in [5, 5.41) is 3.02. The van der Waals surface area contributed by atoms with Gasteiger partial charge < -0.3 is 10.1 Å². The number of hydrogen-bond acceptors (Lipinski definition) is 5. The number of piperidine rings is 1. The summed E-state index contributed by atoms with van der Waals surface area (Å²) in [7, 11) is 0. The number of nitrogens with one attached hydrogen (secondary N) is 1. The fourth-order valence-corrected chi connectivity index (χ4v) is 3.43. The van der Waals surface area contributed by atoms with E-state index in [1.165, 1.54) is 0 Å². The smallest absolute Gasteiger partial charge is 0.224 e. The molecule has 3 heterocycles. The third-order valence-corrected chi connectivity index (χ3v) is 4.81. The van der Waals surface area contributed by atoms with E-state index < -0.39 is 0 Å². The molecule has 1 amide bonds. The molecule has 1 atom stereocenters. The molecule has 3 rings (SSSR count). The first-order chi connectivity index (χ1) is 11.2. The molecule has 2 saturated heterocycles. The molecule has 1 aromatic heterocycles. The van der Waals surface area contributed by atoms with Gasteiger partial charge in [-0.3, -0.25) is 19.7 Å². The quantitative estimate of drug-likeness (QED) is 0.906. The highest BCUT2D eigenvalue weighted by Gasteiger charge is 2.30. The minimum Gasteiger partial charge on any atom is -0.381 e. The van der Waals surface area contributed by atoms with Crippen LogP contribution in [0, 0.1) is 12.8 Å². The van der Waals surface area contributed by atoms with Crippen LogP contribution in [0.3, 0.4) is 0 Å². The number of ether oxygens (including phenoxy) is 1. The van der Waals surface area contributed by atoms with Crippen LogP contribution in [-0.4, -0.2) is 53.1 Å². The molecule has 0 aromatic carbocycles. The number of likely N-dealkylation sites (tertiary alicyclic amines) is 1. The van der Waals surface area contributed by atoms with Crippen LogP contribution >= 0.6 is 0 Å². The molecule has 1 N–H and O–H groups in total. The molecule has 0 aliphatic carbocycles. The molecule has 1 unspecified atom stereocenters. The lowest BCUT2D eigenvalue weighted by Crippen LogP contribution is -2.48. The Bertz CT molecular complexity index is 514. The lowest BCUT2D eigenvalue weighted by atomic mass is 9.94. The molecule has 0 bridgehead atoms.